The van der Waals surface area contributed by atoms with Crippen LogP contribution < -0.4 is 10.2 Å². The molecule has 1 N–H and O–H groups in total. The van der Waals surface area contributed by atoms with Gasteiger partial charge in [0, 0.05) is 5.38 Å². The van der Waals surface area contributed by atoms with Gasteiger partial charge in [-0.15, -0.1) is 11.3 Å². The number of nitrogens with one attached hydrogen (secondary N) is 1. The summed E-state index contributed by atoms with van der Waals surface area (Å²) in [5.41, 5.74) is 4.73. The fraction of sp³-hybridized carbons (Fsp3) is 0.190. The van der Waals surface area contributed by atoms with Gasteiger partial charge in [0.25, 0.3) is 0 Å². The molecule has 0 bridgehead atoms. The van der Waals surface area contributed by atoms with Crippen LogP contribution in [0.4, 0.5) is 13.9 Å². The van der Waals surface area contributed by atoms with Gasteiger partial charge in [0.1, 0.15) is 12.4 Å². The average molecular weight is 431 g/mol. The molecule has 0 unspecified atom stereocenters. The van der Waals surface area contributed by atoms with Gasteiger partial charge in [-0.25, -0.2) is 13.8 Å². The average Bonchev–Trinajstić information content (AvgIpc) is 3.16. The molecule has 0 fully saturated rings. The standard InChI is InChI=1S/C21H19F2N3O3S/c1-2-28-20(27)10-16-13-30-21(25-16)26-24-11-14-4-3-5-17(8-14)29-12-15-6-7-18(22)19(23)9-15/h3-9,11,13H,2,10,12H2,1H3,(H,25,26). The highest BCUT2D eigenvalue weighted by Gasteiger charge is 2.08. The third-order valence-electron chi connectivity index (χ3n) is 3.80. The summed E-state index contributed by atoms with van der Waals surface area (Å²) < 4.78 is 36.8. The van der Waals surface area contributed by atoms with E-state index >= 15 is 0 Å². The summed E-state index contributed by atoms with van der Waals surface area (Å²) in [4.78, 5) is 15.7. The summed E-state index contributed by atoms with van der Waals surface area (Å²) >= 11 is 1.33. The van der Waals surface area contributed by atoms with Crippen LogP contribution in [0.15, 0.2) is 52.9 Å². The number of aromatic nitrogens is 1. The predicted molar refractivity (Wildman–Crippen MR) is 111 cm³/mol. The lowest BCUT2D eigenvalue weighted by atomic mass is 10.2. The van der Waals surface area contributed by atoms with Gasteiger partial charge in [-0.2, -0.15) is 5.10 Å². The molecule has 0 aliphatic heterocycles. The number of hydrogen-bond acceptors (Lipinski definition) is 7. The highest BCUT2D eigenvalue weighted by atomic mass is 32.1. The minimum Gasteiger partial charge on any atom is -0.489 e. The van der Waals surface area contributed by atoms with Crippen molar-refractivity contribution >= 4 is 28.7 Å². The lowest BCUT2D eigenvalue weighted by Gasteiger charge is -2.07. The van der Waals surface area contributed by atoms with Gasteiger partial charge in [-0.05, 0) is 42.3 Å². The molecule has 0 aliphatic rings. The van der Waals surface area contributed by atoms with Crippen molar-refractivity contribution in [2.24, 2.45) is 5.10 Å². The van der Waals surface area contributed by atoms with Crippen molar-refractivity contribution < 1.29 is 23.0 Å². The third-order valence-corrected chi connectivity index (χ3v) is 4.60. The van der Waals surface area contributed by atoms with Gasteiger partial charge in [0.2, 0.25) is 5.13 Å². The molecule has 3 aromatic rings. The summed E-state index contributed by atoms with van der Waals surface area (Å²) in [6.07, 6.45) is 1.71. The number of hydrogen-bond donors (Lipinski definition) is 1. The first-order chi connectivity index (χ1) is 14.5. The molecular weight excluding hydrogens is 412 g/mol. The van der Waals surface area contributed by atoms with Crippen LogP contribution in [0.3, 0.4) is 0 Å². The molecule has 1 aromatic heterocycles. The fourth-order valence-electron chi connectivity index (χ4n) is 2.44. The number of carbonyl (C=O) groups is 1. The predicted octanol–water partition coefficient (Wildman–Crippen LogP) is 4.55. The van der Waals surface area contributed by atoms with Gasteiger partial charge in [-0.1, -0.05) is 18.2 Å². The van der Waals surface area contributed by atoms with Crippen LogP contribution in [0.2, 0.25) is 0 Å². The molecule has 3 rings (SSSR count). The van der Waals surface area contributed by atoms with E-state index in [2.05, 4.69) is 15.5 Å². The molecule has 0 atom stereocenters. The summed E-state index contributed by atoms with van der Waals surface area (Å²) in [5, 5.41) is 6.45. The van der Waals surface area contributed by atoms with E-state index in [0.29, 0.717) is 28.7 Å². The van der Waals surface area contributed by atoms with Crippen molar-refractivity contribution in [3.05, 3.63) is 76.3 Å². The Morgan fingerprint density at radius 1 is 1.23 bits per heavy atom. The SMILES string of the molecule is CCOC(=O)Cc1csc(NN=Cc2cccc(OCc3ccc(F)c(F)c3)c2)n1. The number of ether oxygens (including phenoxy) is 2. The second kappa shape index (κ2) is 10.4. The van der Waals surface area contributed by atoms with Gasteiger partial charge < -0.3 is 9.47 Å². The van der Waals surface area contributed by atoms with Crippen molar-refractivity contribution in [3.8, 4) is 5.75 Å². The monoisotopic (exact) mass is 431 g/mol. The lowest BCUT2D eigenvalue weighted by Crippen LogP contribution is -2.07. The van der Waals surface area contributed by atoms with Gasteiger partial charge >= 0.3 is 5.97 Å². The summed E-state index contributed by atoms with van der Waals surface area (Å²) in [7, 11) is 0. The van der Waals surface area contributed by atoms with Crippen molar-refractivity contribution in [1.29, 1.82) is 0 Å². The highest BCUT2D eigenvalue weighted by molar-refractivity contribution is 7.13. The second-order valence-electron chi connectivity index (χ2n) is 6.11. The number of carbonyl (C=O) groups excluding carboxylic acids is 1. The van der Waals surface area contributed by atoms with E-state index in [4.69, 9.17) is 9.47 Å². The lowest BCUT2D eigenvalue weighted by molar-refractivity contribution is -0.142. The number of nitrogens with zero attached hydrogens (tertiary/aromatic N) is 2. The van der Waals surface area contributed by atoms with Gasteiger partial charge in [0.15, 0.2) is 11.6 Å². The molecule has 30 heavy (non-hydrogen) atoms. The second-order valence-corrected chi connectivity index (χ2v) is 6.96. The molecular formula is C21H19F2N3O3S. The molecule has 0 spiro atoms. The van der Waals surface area contributed by atoms with Crippen molar-refractivity contribution in [1.82, 2.24) is 4.98 Å². The van der Waals surface area contributed by atoms with E-state index in [9.17, 15) is 13.6 Å². The molecule has 2 aromatic carbocycles. The van der Waals surface area contributed by atoms with E-state index in [-0.39, 0.29) is 19.0 Å². The Morgan fingerprint density at radius 3 is 2.90 bits per heavy atom. The van der Waals surface area contributed by atoms with E-state index < -0.39 is 11.6 Å². The van der Waals surface area contributed by atoms with Gasteiger partial charge in [-0.3, -0.25) is 10.2 Å². The quantitative estimate of drug-likeness (QED) is 0.306. The number of anilines is 1. The zero-order valence-electron chi connectivity index (χ0n) is 16.1. The number of rotatable bonds is 9. The van der Waals surface area contributed by atoms with Crippen LogP contribution in [-0.4, -0.2) is 23.8 Å². The summed E-state index contributed by atoms with van der Waals surface area (Å²) in [5.74, 6) is -1.55. The minimum atomic E-state index is -0.907. The zero-order chi connectivity index (χ0) is 21.3. The molecule has 156 valence electrons. The normalized spacial score (nSPS) is 10.9. The number of thiazole rings is 1. The largest absolute Gasteiger partial charge is 0.489 e. The highest BCUT2D eigenvalue weighted by Crippen LogP contribution is 2.17. The van der Waals surface area contributed by atoms with E-state index in [0.717, 1.165) is 17.7 Å². The number of esters is 1. The molecule has 0 amide bonds. The van der Waals surface area contributed by atoms with Crippen LogP contribution in [0.5, 0.6) is 5.75 Å². The van der Waals surface area contributed by atoms with Crippen LogP contribution in [0, 0.1) is 11.6 Å². The molecule has 6 nitrogen and oxygen atoms in total. The molecule has 9 heteroatoms. The number of halogens is 2. The maximum Gasteiger partial charge on any atom is 0.311 e. The fourth-order valence-corrected chi connectivity index (χ4v) is 3.10. The molecule has 0 saturated heterocycles. The molecule has 0 saturated carbocycles. The van der Waals surface area contributed by atoms with Crippen LogP contribution >= 0.6 is 11.3 Å². The first-order valence-electron chi connectivity index (χ1n) is 9.09. The Hall–Kier alpha value is -3.33. The summed E-state index contributed by atoms with van der Waals surface area (Å²) in [6, 6.07) is 10.8. The van der Waals surface area contributed by atoms with Crippen molar-refractivity contribution in [3.63, 3.8) is 0 Å². The van der Waals surface area contributed by atoms with E-state index in [1.807, 2.05) is 6.07 Å². The van der Waals surface area contributed by atoms with Crippen molar-refractivity contribution in [2.45, 2.75) is 20.0 Å². The smallest absolute Gasteiger partial charge is 0.311 e. The third kappa shape index (κ3) is 6.35. The van der Waals surface area contributed by atoms with Crippen LogP contribution in [-0.2, 0) is 22.6 Å². The first kappa shape index (κ1) is 21.4. The Kier molecular flexibility index (Phi) is 7.45. The Balaban J connectivity index is 1.53. The van der Waals surface area contributed by atoms with E-state index in [1.54, 1.807) is 36.7 Å². The first-order valence-corrected chi connectivity index (χ1v) is 9.97. The molecule has 1 heterocycles. The maximum atomic E-state index is 13.3. The summed E-state index contributed by atoms with van der Waals surface area (Å²) in [6.45, 7) is 2.20. The van der Waals surface area contributed by atoms with Crippen LogP contribution in [0.25, 0.3) is 0 Å². The molecule has 0 aliphatic carbocycles. The zero-order valence-corrected chi connectivity index (χ0v) is 16.9. The number of hydrazone groups is 1. The maximum absolute atomic E-state index is 13.3. The Labute approximate surface area is 176 Å². The molecule has 0 radical (unpaired) electrons. The van der Waals surface area contributed by atoms with Gasteiger partial charge in [0.05, 0.1) is 24.9 Å². The topological polar surface area (TPSA) is 72.8 Å². The number of benzene rings is 2. The van der Waals surface area contributed by atoms with Crippen molar-refractivity contribution in [2.75, 3.05) is 12.0 Å². The van der Waals surface area contributed by atoms with Crippen LogP contribution in [0.1, 0.15) is 23.7 Å². The minimum absolute atomic E-state index is 0.110. The Bertz CT molecular complexity index is 1040. The Morgan fingerprint density at radius 2 is 2.10 bits per heavy atom. The van der Waals surface area contributed by atoms with E-state index in [1.165, 1.54) is 17.4 Å².